The van der Waals surface area contributed by atoms with Crippen LogP contribution in [0.25, 0.3) is 6.08 Å². The number of rotatable bonds is 10. The number of hydrogen-bond donors (Lipinski definition) is 3. The van der Waals surface area contributed by atoms with Gasteiger partial charge in [-0.25, -0.2) is 0 Å². The van der Waals surface area contributed by atoms with Crippen LogP contribution in [-0.4, -0.2) is 46.5 Å². The molecule has 3 aromatic rings. The van der Waals surface area contributed by atoms with Crippen molar-refractivity contribution in [2.24, 2.45) is 17.8 Å². The van der Waals surface area contributed by atoms with Gasteiger partial charge in [0.05, 0.1) is 30.2 Å². The minimum absolute atomic E-state index is 0.143. The van der Waals surface area contributed by atoms with Crippen molar-refractivity contribution >= 4 is 23.6 Å². The molecule has 3 N–H and O–H groups in total. The molecule has 4 atom stereocenters. The van der Waals surface area contributed by atoms with Gasteiger partial charge >= 0.3 is 0 Å². The second-order valence-electron chi connectivity index (χ2n) is 11.7. The van der Waals surface area contributed by atoms with Gasteiger partial charge < -0.3 is 20.1 Å². The number of carbonyl (C=O) groups is 2. The molecule has 7 heteroatoms. The van der Waals surface area contributed by atoms with Gasteiger partial charge in [-0.3, -0.25) is 14.5 Å². The summed E-state index contributed by atoms with van der Waals surface area (Å²) in [6.45, 7) is 5.50. The number of nitrogens with zero attached hydrogens (tertiary/aromatic N) is 1. The van der Waals surface area contributed by atoms with Gasteiger partial charge in [-0.15, -0.1) is 0 Å². The van der Waals surface area contributed by atoms with E-state index in [4.69, 9.17) is 4.74 Å². The van der Waals surface area contributed by atoms with E-state index in [1.807, 2.05) is 75.4 Å². The number of imide groups is 1. The molecule has 1 heterocycles. The zero-order valence-electron chi connectivity index (χ0n) is 24.9. The van der Waals surface area contributed by atoms with Crippen molar-refractivity contribution < 1.29 is 29.6 Å². The Labute approximate surface area is 252 Å². The number of allylic oxidation sites excluding steroid dienone is 1. The number of amides is 2. The van der Waals surface area contributed by atoms with Crippen molar-refractivity contribution in [1.29, 1.82) is 0 Å². The van der Waals surface area contributed by atoms with Crippen molar-refractivity contribution in [3.05, 3.63) is 106 Å². The predicted octanol–water partition coefficient (Wildman–Crippen LogP) is 5.75. The molecule has 7 nitrogen and oxygen atoms in total. The number of phenols is 1. The molecule has 0 spiro atoms. The molecule has 224 valence electrons. The van der Waals surface area contributed by atoms with Gasteiger partial charge in [-0.2, -0.15) is 0 Å². The highest BCUT2D eigenvalue weighted by Crippen LogP contribution is 2.47. The smallest absolute Gasteiger partial charge is 0.238 e. The molecule has 0 radical (unpaired) electrons. The standard InChI is InChI=1S/C36H39NO6/c1-22(16-25-17-23(2)34(40)24(3)18-25)14-15-31(39)32-26(21-43-28-12-8-5-9-13-28)19-29-33(30(32)20-38)36(42)37(35(29)41)27-10-6-4-7-11-27/h4-13,16-18,29-31,33,38-40H,14-15,19-21H2,1-3H3/b22-16+/t29-,30+,31-,33-/m1/s1. The number of aryl methyl sites for hydroxylation is 2. The lowest BCUT2D eigenvalue weighted by atomic mass is 9.68. The van der Waals surface area contributed by atoms with Gasteiger partial charge in [-0.1, -0.05) is 48.0 Å². The fourth-order valence-corrected chi connectivity index (χ4v) is 6.56. The zero-order chi connectivity index (χ0) is 30.7. The number of ether oxygens (including phenoxy) is 1. The molecule has 3 aromatic carbocycles. The van der Waals surface area contributed by atoms with E-state index in [9.17, 15) is 24.9 Å². The average molecular weight is 582 g/mol. The Morgan fingerprint density at radius 2 is 1.63 bits per heavy atom. The van der Waals surface area contributed by atoms with Gasteiger partial charge in [0.2, 0.25) is 11.8 Å². The van der Waals surface area contributed by atoms with Gasteiger partial charge in [0.15, 0.2) is 0 Å². The molecule has 0 saturated carbocycles. The number of hydrogen-bond acceptors (Lipinski definition) is 6. The van der Waals surface area contributed by atoms with E-state index < -0.39 is 23.9 Å². The molecular formula is C36H39NO6. The third kappa shape index (κ3) is 6.28. The van der Waals surface area contributed by atoms with Crippen molar-refractivity contribution in [3.8, 4) is 11.5 Å². The van der Waals surface area contributed by atoms with Gasteiger partial charge in [0.25, 0.3) is 0 Å². The third-order valence-corrected chi connectivity index (χ3v) is 8.65. The highest BCUT2D eigenvalue weighted by atomic mass is 16.5. The summed E-state index contributed by atoms with van der Waals surface area (Å²) >= 11 is 0. The Kier molecular flexibility index (Phi) is 9.14. The number of carbonyl (C=O) groups excluding carboxylic acids is 2. The summed E-state index contributed by atoms with van der Waals surface area (Å²) in [6, 6.07) is 22.0. The molecular weight excluding hydrogens is 542 g/mol. The van der Waals surface area contributed by atoms with Crippen LogP contribution in [0.4, 0.5) is 5.69 Å². The molecule has 43 heavy (non-hydrogen) atoms. The number of aliphatic hydroxyl groups is 2. The second-order valence-corrected chi connectivity index (χ2v) is 11.7. The fraction of sp³-hybridized carbons (Fsp3) is 0.333. The van der Waals surface area contributed by atoms with Crippen molar-refractivity contribution in [3.63, 3.8) is 0 Å². The minimum Gasteiger partial charge on any atom is -0.507 e. The number of para-hydroxylation sites is 2. The SMILES string of the molecule is C/C(=C\c1cc(C)c(O)c(C)c1)CC[C@@H](O)C1=C(COc2ccccc2)C[C@H]2C(=O)N(c3ccccc3)C(=O)[C@H]2[C@H]1CO. The molecule has 2 aliphatic rings. The first kappa shape index (κ1) is 30.3. The van der Waals surface area contributed by atoms with Crippen LogP contribution in [0, 0.1) is 31.6 Å². The summed E-state index contributed by atoms with van der Waals surface area (Å²) < 4.78 is 6.09. The first-order valence-electron chi connectivity index (χ1n) is 14.8. The Morgan fingerprint density at radius 1 is 1.00 bits per heavy atom. The van der Waals surface area contributed by atoms with Crippen molar-refractivity contribution in [2.45, 2.75) is 46.1 Å². The highest BCUT2D eigenvalue weighted by Gasteiger charge is 2.55. The van der Waals surface area contributed by atoms with E-state index in [2.05, 4.69) is 0 Å². The summed E-state index contributed by atoms with van der Waals surface area (Å²) in [5.41, 5.74) is 5.47. The lowest BCUT2D eigenvalue weighted by Gasteiger charge is -2.36. The predicted molar refractivity (Wildman–Crippen MR) is 167 cm³/mol. The summed E-state index contributed by atoms with van der Waals surface area (Å²) in [6.07, 6.45) is 2.33. The van der Waals surface area contributed by atoms with Gasteiger partial charge in [-0.05, 0) is 104 Å². The number of phenolic OH excluding ortho intramolecular Hbond substituents is 1. The lowest BCUT2D eigenvalue weighted by molar-refractivity contribution is -0.123. The Balaban J connectivity index is 1.43. The van der Waals surface area contributed by atoms with E-state index in [0.717, 1.165) is 27.8 Å². The van der Waals surface area contributed by atoms with Crippen LogP contribution in [0.3, 0.4) is 0 Å². The lowest BCUT2D eigenvalue weighted by Crippen LogP contribution is -2.40. The number of fused-ring (bicyclic) bond motifs is 1. The molecule has 0 bridgehead atoms. The van der Waals surface area contributed by atoms with Crippen LogP contribution < -0.4 is 9.64 Å². The van der Waals surface area contributed by atoms with Crippen LogP contribution >= 0.6 is 0 Å². The molecule has 5 rings (SSSR count). The summed E-state index contributed by atoms with van der Waals surface area (Å²) in [5.74, 6) is -1.80. The minimum atomic E-state index is -0.937. The molecule has 1 aliphatic heterocycles. The van der Waals surface area contributed by atoms with E-state index >= 15 is 0 Å². The Bertz CT molecular complexity index is 1520. The van der Waals surface area contributed by atoms with Crippen molar-refractivity contribution in [2.75, 3.05) is 18.1 Å². The van der Waals surface area contributed by atoms with Crippen molar-refractivity contribution in [1.82, 2.24) is 0 Å². The Morgan fingerprint density at radius 3 is 2.26 bits per heavy atom. The van der Waals surface area contributed by atoms with Crippen LogP contribution in [-0.2, 0) is 9.59 Å². The first-order valence-corrected chi connectivity index (χ1v) is 14.8. The maximum absolute atomic E-state index is 13.8. The van der Waals surface area contributed by atoms with Crippen LogP contribution in [0.1, 0.15) is 42.9 Å². The Hall–Kier alpha value is -4.20. The molecule has 1 fully saturated rings. The van der Waals surface area contributed by atoms with E-state index in [1.165, 1.54) is 4.90 Å². The molecule has 0 aromatic heterocycles. The third-order valence-electron chi connectivity index (χ3n) is 8.65. The highest BCUT2D eigenvalue weighted by molar-refractivity contribution is 6.22. The van der Waals surface area contributed by atoms with Crippen LogP contribution in [0.2, 0.25) is 0 Å². The number of anilines is 1. The number of benzene rings is 3. The second kappa shape index (κ2) is 13.0. The maximum atomic E-state index is 13.8. The maximum Gasteiger partial charge on any atom is 0.238 e. The quantitative estimate of drug-likeness (QED) is 0.208. The molecule has 1 aliphatic carbocycles. The number of aromatic hydroxyl groups is 1. The van der Waals surface area contributed by atoms with Crippen LogP contribution in [0.15, 0.2) is 89.5 Å². The fourth-order valence-electron chi connectivity index (χ4n) is 6.56. The summed E-state index contributed by atoms with van der Waals surface area (Å²) in [5, 5.41) is 32.4. The largest absolute Gasteiger partial charge is 0.507 e. The average Bonchev–Trinajstić information content (AvgIpc) is 3.26. The normalized spacial score (nSPS) is 21.3. The van der Waals surface area contributed by atoms with Crippen LogP contribution in [0.5, 0.6) is 11.5 Å². The van der Waals surface area contributed by atoms with E-state index in [1.54, 1.807) is 24.3 Å². The monoisotopic (exact) mass is 581 g/mol. The van der Waals surface area contributed by atoms with Gasteiger partial charge in [0.1, 0.15) is 18.1 Å². The molecule has 1 saturated heterocycles. The number of aliphatic hydroxyl groups excluding tert-OH is 2. The van der Waals surface area contributed by atoms with Gasteiger partial charge in [0, 0.05) is 5.92 Å². The topological polar surface area (TPSA) is 107 Å². The molecule has 2 amide bonds. The summed E-state index contributed by atoms with van der Waals surface area (Å²) in [7, 11) is 0. The summed E-state index contributed by atoms with van der Waals surface area (Å²) in [4.78, 5) is 28.6. The first-order chi connectivity index (χ1) is 20.7. The van der Waals surface area contributed by atoms with E-state index in [-0.39, 0.29) is 31.4 Å². The zero-order valence-corrected chi connectivity index (χ0v) is 24.9. The van der Waals surface area contributed by atoms with E-state index in [0.29, 0.717) is 35.6 Å². The molecule has 0 unspecified atom stereocenters.